The molecular weight excluding hydrogens is 212 g/mol. The lowest BCUT2D eigenvalue weighted by Gasteiger charge is -2.39. The van der Waals surface area contributed by atoms with Crippen LogP contribution in [0.1, 0.15) is 0 Å². The zero-order valence-electron chi connectivity index (χ0n) is 9.00. The average Bonchev–Trinajstić information content (AvgIpc) is 2.14. The normalized spacial score (nSPS) is 15.4. The lowest BCUT2D eigenvalue weighted by atomic mass is 10.0. The molecule has 1 fully saturated rings. The molecule has 0 saturated carbocycles. The lowest BCUT2D eigenvalue weighted by Crippen LogP contribution is -2.57. The molecule has 2 N–H and O–H groups in total. The first-order chi connectivity index (χ1) is 7.60. The topological polar surface area (TPSA) is 81.1 Å². The van der Waals surface area contributed by atoms with Crippen LogP contribution >= 0.6 is 0 Å². The van der Waals surface area contributed by atoms with Crippen molar-refractivity contribution in [2.75, 3.05) is 32.8 Å². The highest BCUT2D eigenvalue weighted by Crippen LogP contribution is 2.17. The summed E-state index contributed by atoms with van der Waals surface area (Å²) < 4.78 is 0. The molecule has 16 heavy (non-hydrogen) atoms. The minimum absolute atomic E-state index is 0.115. The van der Waals surface area contributed by atoms with E-state index in [4.69, 9.17) is 10.2 Å². The molecule has 0 aromatic rings. The number of aliphatic hydroxyl groups excluding tert-OH is 1. The fourth-order valence-corrected chi connectivity index (χ4v) is 1.53. The van der Waals surface area contributed by atoms with E-state index in [9.17, 15) is 9.59 Å². The Kier molecular flexibility index (Phi) is 4.30. The summed E-state index contributed by atoms with van der Waals surface area (Å²) in [5.41, 5.74) is 0. The number of rotatable bonds is 5. The van der Waals surface area contributed by atoms with E-state index in [-0.39, 0.29) is 32.3 Å². The van der Waals surface area contributed by atoms with Crippen LogP contribution in [0, 0.1) is 5.92 Å². The maximum Gasteiger partial charge on any atom is 0.320 e. The van der Waals surface area contributed by atoms with Crippen LogP contribution in [0.25, 0.3) is 0 Å². The molecule has 2 amide bonds. The minimum Gasteiger partial charge on any atom is -0.481 e. The van der Waals surface area contributed by atoms with Crippen LogP contribution in [0.5, 0.6) is 0 Å². The molecule has 0 aliphatic carbocycles. The van der Waals surface area contributed by atoms with Gasteiger partial charge in [0.25, 0.3) is 0 Å². The third-order valence-corrected chi connectivity index (χ3v) is 2.49. The highest BCUT2D eigenvalue weighted by molar-refractivity contribution is 5.80. The summed E-state index contributed by atoms with van der Waals surface area (Å²) in [6, 6.07) is -0.244. The number of carboxylic acids is 1. The largest absolute Gasteiger partial charge is 0.481 e. The summed E-state index contributed by atoms with van der Waals surface area (Å²) in [4.78, 5) is 25.2. The first-order valence-corrected chi connectivity index (χ1v) is 5.08. The quantitative estimate of drug-likeness (QED) is 0.627. The molecular formula is C10H16N2O4. The van der Waals surface area contributed by atoms with Crippen LogP contribution in [0.3, 0.4) is 0 Å². The van der Waals surface area contributed by atoms with Crippen LogP contribution < -0.4 is 0 Å². The standard InChI is InChI=1S/C10H16N2O4/c1-2-3-11(4-5-13)10(16)12-6-8(7-12)9(14)15/h2,8,13H,1,3-7H2,(H,14,15). The SMILES string of the molecule is C=CCN(CCO)C(=O)N1CC(C(=O)O)C1. The number of likely N-dealkylation sites (tertiary alicyclic amines) is 1. The highest BCUT2D eigenvalue weighted by Gasteiger charge is 2.37. The van der Waals surface area contributed by atoms with E-state index < -0.39 is 11.9 Å². The first-order valence-electron chi connectivity index (χ1n) is 5.08. The van der Waals surface area contributed by atoms with E-state index in [0.29, 0.717) is 6.54 Å². The van der Waals surface area contributed by atoms with Gasteiger partial charge < -0.3 is 20.0 Å². The van der Waals surface area contributed by atoms with E-state index in [0.717, 1.165) is 0 Å². The summed E-state index contributed by atoms with van der Waals surface area (Å²) in [6.07, 6.45) is 1.57. The summed E-state index contributed by atoms with van der Waals surface area (Å²) in [5.74, 6) is -1.33. The molecule has 0 atom stereocenters. The number of hydrogen-bond acceptors (Lipinski definition) is 3. The summed E-state index contributed by atoms with van der Waals surface area (Å²) in [6.45, 7) is 4.48. The monoisotopic (exact) mass is 228 g/mol. The predicted octanol–water partition coefficient (Wildman–Crippen LogP) is -0.397. The van der Waals surface area contributed by atoms with Crippen LogP contribution in [0.2, 0.25) is 0 Å². The summed E-state index contributed by atoms with van der Waals surface area (Å²) in [7, 11) is 0. The average molecular weight is 228 g/mol. The molecule has 1 heterocycles. The van der Waals surface area contributed by atoms with Gasteiger partial charge in [0.2, 0.25) is 0 Å². The molecule has 90 valence electrons. The maximum absolute atomic E-state index is 11.8. The van der Waals surface area contributed by atoms with Gasteiger partial charge in [0, 0.05) is 26.2 Å². The zero-order valence-corrected chi connectivity index (χ0v) is 9.00. The third-order valence-electron chi connectivity index (χ3n) is 2.49. The molecule has 6 heteroatoms. The van der Waals surface area contributed by atoms with E-state index in [1.54, 1.807) is 6.08 Å². The molecule has 0 unspecified atom stereocenters. The molecule has 0 bridgehead atoms. The van der Waals surface area contributed by atoms with Crippen molar-refractivity contribution in [1.82, 2.24) is 9.80 Å². The fraction of sp³-hybridized carbons (Fsp3) is 0.600. The van der Waals surface area contributed by atoms with Gasteiger partial charge in [0.1, 0.15) is 0 Å². The number of aliphatic carboxylic acids is 1. The van der Waals surface area contributed by atoms with Crippen molar-refractivity contribution in [2.45, 2.75) is 0 Å². The third kappa shape index (κ3) is 2.73. The van der Waals surface area contributed by atoms with Gasteiger partial charge in [-0.05, 0) is 0 Å². The van der Waals surface area contributed by atoms with Crippen LogP contribution in [-0.4, -0.2) is 64.8 Å². The number of carbonyl (C=O) groups is 2. The Morgan fingerprint density at radius 2 is 2.12 bits per heavy atom. The molecule has 1 aliphatic heterocycles. The van der Waals surface area contributed by atoms with Gasteiger partial charge in [0.15, 0.2) is 0 Å². The predicted molar refractivity (Wildman–Crippen MR) is 57.0 cm³/mol. The lowest BCUT2D eigenvalue weighted by molar-refractivity contribution is -0.146. The molecule has 1 aliphatic rings. The van der Waals surface area contributed by atoms with E-state index >= 15 is 0 Å². The second-order valence-electron chi connectivity index (χ2n) is 3.68. The molecule has 1 saturated heterocycles. The Labute approximate surface area is 93.8 Å². The Morgan fingerprint density at radius 1 is 1.50 bits per heavy atom. The summed E-state index contributed by atoms with van der Waals surface area (Å²) in [5, 5.41) is 17.5. The van der Waals surface area contributed by atoms with Crippen molar-refractivity contribution < 1.29 is 19.8 Å². The molecule has 0 aromatic heterocycles. The number of nitrogens with zero attached hydrogens (tertiary/aromatic N) is 2. The molecule has 6 nitrogen and oxygen atoms in total. The number of urea groups is 1. The smallest absolute Gasteiger partial charge is 0.320 e. The Morgan fingerprint density at radius 3 is 2.56 bits per heavy atom. The number of amides is 2. The van der Waals surface area contributed by atoms with Gasteiger partial charge in [-0.2, -0.15) is 0 Å². The van der Waals surface area contributed by atoms with Gasteiger partial charge in [-0.3, -0.25) is 4.79 Å². The van der Waals surface area contributed by atoms with Crippen molar-refractivity contribution in [3.63, 3.8) is 0 Å². The van der Waals surface area contributed by atoms with Gasteiger partial charge in [-0.15, -0.1) is 6.58 Å². The maximum atomic E-state index is 11.8. The first kappa shape index (κ1) is 12.5. The van der Waals surface area contributed by atoms with Crippen LogP contribution in [0.4, 0.5) is 4.79 Å². The second-order valence-corrected chi connectivity index (χ2v) is 3.68. The highest BCUT2D eigenvalue weighted by atomic mass is 16.4. The second kappa shape index (κ2) is 5.50. The van der Waals surface area contributed by atoms with Gasteiger partial charge in [-0.25, -0.2) is 4.79 Å². The van der Waals surface area contributed by atoms with Gasteiger partial charge in [-0.1, -0.05) is 6.08 Å². The fourth-order valence-electron chi connectivity index (χ4n) is 1.53. The van der Waals surface area contributed by atoms with Crippen molar-refractivity contribution in [2.24, 2.45) is 5.92 Å². The minimum atomic E-state index is -0.874. The van der Waals surface area contributed by atoms with E-state index in [1.165, 1.54) is 9.80 Å². The van der Waals surface area contributed by atoms with Crippen molar-refractivity contribution >= 4 is 12.0 Å². The van der Waals surface area contributed by atoms with Crippen molar-refractivity contribution in [1.29, 1.82) is 0 Å². The number of carboxylic acid groups (broad SMARTS) is 1. The van der Waals surface area contributed by atoms with E-state index in [1.807, 2.05) is 0 Å². The van der Waals surface area contributed by atoms with Crippen LogP contribution in [-0.2, 0) is 4.79 Å². The van der Waals surface area contributed by atoms with Crippen molar-refractivity contribution in [3.8, 4) is 0 Å². The number of aliphatic hydroxyl groups is 1. The zero-order chi connectivity index (χ0) is 12.1. The summed E-state index contributed by atoms with van der Waals surface area (Å²) >= 11 is 0. The van der Waals surface area contributed by atoms with E-state index in [2.05, 4.69) is 6.58 Å². The van der Waals surface area contributed by atoms with Crippen molar-refractivity contribution in [3.05, 3.63) is 12.7 Å². The molecule has 1 rings (SSSR count). The number of carbonyl (C=O) groups excluding carboxylic acids is 1. The Hall–Kier alpha value is -1.56. The molecule has 0 spiro atoms. The molecule has 0 aromatic carbocycles. The van der Waals surface area contributed by atoms with Gasteiger partial charge >= 0.3 is 12.0 Å². The Balaban J connectivity index is 2.44. The molecule has 0 radical (unpaired) electrons. The van der Waals surface area contributed by atoms with Crippen LogP contribution in [0.15, 0.2) is 12.7 Å². The van der Waals surface area contributed by atoms with Gasteiger partial charge in [0.05, 0.1) is 12.5 Å². The Bertz CT molecular complexity index is 287. The number of hydrogen-bond donors (Lipinski definition) is 2.